The van der Waals surface area contributed by atoms with Crippen molar-refractivity contribution in [2.24, 2.45) is 5.92 Å². The Balaban J connectivity index is 2.23. The molecule has 0 fully saturated rings. The average molecular weight is 241 g/mol. The minimum atomic E-state index is 0.673. The number of nitrogens with one attached hydrogen (secondary N) is 1. The molecule has 0 amide bonds. The zero-order chi connectivity index (χ0) is 10.8. The first-order chi connectivity index (χ1) is 7.15. The van der Waals surface area contributed by atoms with E-state index in [2.05, 4.69) is 23.8 Å². The number of H-pyrrole nitrogens is 1. The van der Waals surface area contributed by atoms with Crippen LogP contribution in [0.15, 0.2) is 23.4 Å². The summed E-state index contributed by atoms with van der Waals surface area (Å²) in [6.45, 7) is 4.40. The number of hydrogen-bond acceptors (Lipinski definition) is 2. The van der Waals surface area contributed by atoms with Crippen LogP contribution in [0.25, 0.3) is 11.0 Å². The van der Waals surface area contributed by atoms with Crippen molar-refractivity contribution in [2.45, 2.75) is 19.0 Å². The fourth-order valence-electron chi connectivity index (χ4n) is 1.27. The van der Waals surface area contributed by atoms with E-state index in [0.717, 1.165) is 27.0 Å². The average Bonchev–Trinajstić information content (AvgIpc) is 2.56. The summed E-state index contributed by atoms with van der Waals surface area (Å²) in [4.78, 5) is 7.73. The maximum atomic E-state index is 5.90. The van der Waals surface area contributed by atoms with Crippen LogP contribution in [0.3, 0.4) is 0 Å². The maximum absolute atomic E-state index is 5.90. The summed E-state index contributed by atoms with van der Waals surface area (Å²) < 4.78 is 0. The van der Waals surface area contributed by atoms with Gasteiger partial charge >= 0.3 is 0 Å². The van der Waals surface area contributed by atoms with Crippen LogP contribution >= 0.6 is 23.4 Å². The Morgan fingerprint density at radius 1 is 1.47 bits per heavy atom. The second kappa shape index (κ2) is 4.45. The first-order valence-electron chi connectivity index (χ1n) is 4.93. The molecule has 2 nitrogen and oxygen atoms in total. The van der Waals surface area contributed by atoms with E-state index in [1.165, 1.54) is 0 Å². The predicted octanol–water partition coefficient (Wildman–Crippen LogP) is 3.96. The molecular formula is C11H13ClN2S. The summed E-state index contributed by atoms with van der Waals surface area (Å²) in [6.07, 6.45) is 0. The highest BCUT2D eigenvalue weighted by molar-refractivity contribution is 7.99. The lowest BCUT2D eigenvalue weighted by atomic mass is 10.3. The van der Waals surface area contributed by atoms with Crippen molar-refractivity contribution in [3.63, 3.8) is 0 Å². The van der Waals surface area contributed by atoms with Gasteiger partial charge in [0.2, 0.25) is 0 Å². The molecule has 1 aromatic carbocycles. The van der Waals surface area contributed by atoms with E-state index in [0.29, 0.717) is 5.92 Å². The van der Waals surface area contributed by atoms with Crippen LogP contribution in [0.1, 0.15) is 13.8 Å². The van der Waals surface area contributed by atoms with Gasteiger partial charge in [0, 0.05) is 10.8 Å². The Labute approximate surface area is 98.4 Å². The maximum Gasteiger partial charge on any atom is 0.166 e. The van der Waals surface area contributed by atoms with E-state index < -0.39 is 0 Å². The molecule has 0 spiro atoms. The molecule has 4 heteroatoms. The fraction of sp³-hybridized carbons (Fsp3) is 0.364. The fourth-order valence-corrected chi connectivity index (χ4v) is 2.28. The van der Waals surface area contributed by atoms with Crippen LogP contribution in [0.5, 0.6) is 0 Å². The van der Waals surface area contributed by atoms with Crippen molar-refractivity contribution in [1.29, 1.82) is 0 Å². The van der Waals surface area contributed by atoms with Crippen molar-refractivity contribution in [2.75, 3.05) is 5.75 Å². The van der Waals surface area contributed by atoms with Gasteiger partial charge < -0.3 is 4.98 Å². The van der Waals surface area contributed by atoms with Gasteiger partial charge in [0.25, 0.3) is 0 Å². The van der Waals surface area contributed by atoms with Crippen LogP contribution in [0.2, 0.25) is 5.02 Å². The van der Waals surface area contributed by atoms with E-state index >= 15 is 0 Å². The number of imidazole rings is 1. The molecule has 0 saturated heterocycles. The van der Waals surface area contributed by atoms with Crippen molar-refractivity contribution in [1.82, 2.24) is 9.97 Å². The molecule has 0 saturated carbocycles. The topological polar surface area (TPSA) is 28.7 Å². The zero-order valence-electron chi connectivity index (χ0n) is 8.75. The van der Waals surface area contributed by atoms with Crippen LogP contribution in [-0.4, -0.2) is 15.7 Å². The first kappa shape index (κ1) is 10.8. The van der Waals surface area contributed by atoms with Crippen molar-refractivity contribution >= 4 is 34.4 Å². The van der Waals surface area contributed by atoms with E-state index in [-0.39, 0.29) is 0 Å². The van der Waals surface area contributed by atoms with E-state index in [1.54, 1.807) is 11.8 Å². The largest absolute Gasteiger partial charge is 0.333 e. The van der Waals surface area contributed by atoms with Gasteiger partial charge in [-0.25, -0.2) is 4.98 Å². The Hall–Kier alpha value is -0.670. The van der Waals surface area contributed by atoms with Crippen LogP contribution in [0, 0.1) is 5.92 Å². The zero-order valence-corrected chi connectivity index (χ0v) is 10.3. The normalized spacial score (nSPS) is 11.5. The second-order valence-corrected chi connectivity index (χ2v) is 5.35. The molecule has 1 heterocycles. The molecule has 2 aromatic rings. The molecule has 0 bridgehead atoms. The van der Waals surface area contributed by atoms with Gasteiger partial charge in [-0.3, -0.25) is 0 Å². The molecule has 15 heavy (non-hydrogen) atoms. The number of aromatic amines is 1. The molecule has 1 aromatic heterocycles. The highest BCUT2D eigenvalue weighted by Crippen LogP contribution is 2.23. The van der Waals surface area contributed by atoms with Gasteiger partial charge in [0.15, 0.2) is 5.16 Å². The second-order valence-electron chi connectivity index (χ2n) is 3.91. The molecular weight excluding hydrogens is 228 g/mol. The van der Waals surface area contributed by atoms with Crippen molar-refractivity contribution in [3.8, 4) is 0 Å². The van der Waals surface area contributed by atoms with Gasteiger partial charge in [0.1, 0.15) is 0 Å². The third-order valence-electron chi connectivity index (χ3n) is 1.98. The summed E-state index contributed by atoms with van der Waals surface area (Å²) in [5.41, 5.74) is 1.99. The van der Waals surface area contributed by atoms with Gasteiger partial charge in [-0.05, 0) is 24.1 Å². The summed E-state index contributed by atoms with van der Waals surface area (Å²) in [5, 5.41) is 1.72. The highest BCUT2D eigenvalue weighted by Gasteiger charge is 2.04. The number of halogens is 1. The molecule has 0 radical (unpaired) electrons. The molecule has 0 aliphatic rings. The number of fused-ring (bicyclic) bond motifs is 1. The molecule has 0 aliphatic heterocycles. The number of nitrogens with zero attached hydrogens (tertiary/aromatic N) is 1. The van der Waals surface area contributed by atoms with Crippen LogP contribution < -0.4 is 0 Å². The smallest absolute Gasteiger partial charge is 0.166 e. The lowest BCUT2D eigenvalue weighted by Crippen LogP contribution is -1.90. The van der Waals surface area contributed by atoms with E-state index in [9.17, 15) is 0 Å². The number of hydrogen-bond donors (Lipinski definition) is 1. The minimum Gasteiger partial charge on any atom is -0.333 e. The summed E-state index contributed by atoms with van der Waals surface area (Å²) >= 11 is 7.65. The van der Waals surface area contributed by atoms with Crippen LogP contribution in [0.4, 0.5) is 0 Å². The van der Waals surface area contributed by atoms with Gasteiger partial charge in [0.05, 0.1) is 11.0 Å². The van der Waals surface area contributed by atoms with Crippen molar-refractivity contribution in [3.05, 3.63) is 23.2 Å². The molecule has 2 rings (SSSR count). The summed E-state index contributed by atoms with van der Waals surface area (Å²) in [6, 6.07) is 5.71. The predicted molar refractivity (Wildman–Crippen MR) is 66.7 cm³/mol. The van der Waals surface area contributed by atoms with Gasteiger partial charge in [-0.1, -0.05) is 37.2 Å². The molecule has 80 valence electrons. The minimum absolute atomic E-state index is 0.673. The quantitative estimate of drug-likeness (QED) is 0.823. The van der Waals surface area contributed by atoms with E-state index in [4.69, 9.17) is 11.6 Å². The standard InChI is InChI=1S/C11H13ClN2S/c1-7(2)6-15-11-13-9-4-3-8(12)5-10(9)14-11/h3-5,7H,6H2,1-2H3,(H,13,14). The molecule has 0 aliphatic carbocycles. The Kier molecular flexibility index (Phi) is 3.22. The molecule has 0 atom stereocenters. The Bertz CT molecular complexity index is 465. The first-order valence-corrected chi connectivity index (χ1v) is 6.29. The van der Waals surface area contributed by atoms with Crippen molar-refractivity contribution < 1.29 is 0 Å². The Morgan fingerprint density at radius 2 is 2.27 bits per heavy atom. The van der Waals surface area contributed by atoms with Gasteiger partial charge in [-0.15, -0.1) is 0 Å². The lowest BCUT2D eigenvalue weighted by molar-refractivity contribution is 0.748. The summed E-state index contributed by atoms with van der Waals surface area (Å²) in [7, 11) is 0. The molecule has 0 unspecified atom stereocenters. The Morgan fingerprint density at radius 3 is 3.00 bits per heavy atom. The van der Waals surface area contributed by atoms with Gasteiger partial charge in [-0.2, -0.15) is 0 Å². The van der Waals surface area contributed by atoms with E-state index in [1.807, 2.05) is 18.2 Å². The summed E-state index contributed by atoms with van der Waals surface area (Å²) in [5.74, 6) is 1.75. The third-order valence-corrected chi connectivity index (χ3v) is 3.51. The number of aromatic nitrogens is 2. The number of benzene rings is 1. The SMILES string of the molecule is CC(C)CSc1nc2ccc(Cl)cc2[nH]1. The molecule has 1 N–H and O–H groups in total. The highest BCUT2D eigenvalue weighted by atomic mass is 35.5. The monoisotopic (exact) mass is 240 g/mol. The third kappa shape index (κ3) is 2.67. The number of thioether (sulfide) groups is 1. The lowest BCUT2D eigenvalue weighted by Gasteiger charge is -1.99. The van der Waals surface area contributed by atoms with Crippen LogP contribution in [-0.2, 0) is 0 Å². The number of rotatable bonds is 3.